The zero-order valence-corrected chi connectivity index (χ0v) is 14.8. The molecule has 1 aromatic carbocycles. The van der Waals surface area contributed by atoms with Crippen molar-refractivity contribution in [3.63, 3.8) is 0 Å². The molecule has 1 N–H and O–H groups in total. The average Bonchev–Trinajstić information content (AvgIpc) is 2.86. The molecule has 0 unspecified atom stereocenters. The lowest BCUT2D eigenvalue weighted by Gasteiger charge is -2.03. The number of ether oxygens (including phenoxy) is 1. The summed E-state index contributed by atoms with van der Waals surface area (Å²) in [6.45, 7) is 3.49. The fourth-order valence-electron chi connectivity index (χ4n) is 1.86. The fourth-order valence-corrected chi connectivity index (χ4v) is 3.61. The number of rotatable bonds is 5. The number of aryl methyl sites for hydroxylation is 1. The van der Waals surface area contributed by atoms with Crippen LogP contribution in [0, 0.1) is 6.92 Å². The molecule has 122 valence electrons. The maximum atomic E-state index is 12.2. The van der Waals surface area contributed by atoms with Gasteiger partial charge in [-0.3, -0.25) is 9.59 Å². The van der Waals surface area contributed by atoms with Crippen LogP contribution in [-0.2, 0) is 9.53 Å². The minimum Gasteiger partial charge on any atom is -0.465 e. The third-order valence-corrected chi connectivity index (χ3v) is 4.68. The predicted octanol–water partition coefficient (Wildman–Crippen LogP) is 3.72. The lowest BCUT2D eigenvalue weighted by Crippen LogP contribution is -2.30. The lowest BCUT2D eigenvalue weighted by atomic mass is 10.2. The summed E-state index contributed by atoms with van der Waals surface area (Å²) >= 11 is 13.5. The number of carbonyl (C=O) groups is 2. The van der Waals surface area contributed by atoms with Gasteiger partial charge in [0.2, 0.25) is 0 Å². The van der Waals surface area contributed by atoms with E-state index in [1.807, 2.05) is 0 Å². The molecule has 0 saturated carbocycles. The van der Waals surface area contributed by atoms with Crippen molar-refractivity contribution in [1.82, 2.24) is 10.3 Å². The van der Waals surface area contributed by atoms with Crippen LogP contribution < -0.4 is 5.32 Å². The number of hydrogen-bond donors (Lipinski definition) is 1. The second-order valence-electron chi connectivity index (χ2n) is 4.52. The molecule has 23 heavy (non-hydrogen) atoms. The summed E-state index contributed by atoms with van der Waals surface area (Å²) in [7, 11) is 0. The minimum absolute atomic E-state index is 0.188. The van der Waals surface area contributed by atoms with Crippen molar-refractivity contribution in [1.29, 1.82) is 0 Å². The van der Waals surface area contributed by atoms with E-state index in [1.165, 1.54) is 11.3 Å². The molecule has 0 bridgehead atoms. The van der Waals surface area contributed by atoms with E-state index in [1.54, 1.807) is 32.0 Å². The molecule has 0 aliphatic carbocycles. The number of aromatic nitrogens is 1. The standard InChI is InChI=1S/C15H14Cl2N2O3S/c1-3-22-11(20)7-18-14(21)13-8(2)19-15(23-13)12-9(16)5-4-6-10(12)17/h4-6H,3,7H2,1-2H3,(H,18,21). The van der Waals surface area contributed by atoms with E-state index in [-0.39, 0.29) is 19.1 Å². The van der Waals surface area contributed by atoms with Crippen molar-refractivity contribution < 1.29 is 14.3 Å². The van der Waals surface area contributed by atoms with Crippen LogP contribution >= 0.6 is 34.5 Å². The van der Waals surface area contributed by atoms with Crippen LogP contribution in [0.25, 0.3) is 10.6 Å². The maximum absolute atomic E-state index is 12.2. The van der Waals surface area contributed by atoms with Gasteiger partial charge < -0.3 is 10.1 Å². The van der Waals surface area contributed by atoms with Crippen molar-refractivity contribution in [2.45, 2.75) is 13.8 Å². The highest BCUT2D eigenvalue weighted by Gasteiger charge is 2.19. The number of esters is 1. The monoisotopic (exact) mass is 372 g/mol. The van der Waals surface area contributed by atoms with Gasteiger partial charge in [-0.1, -0.05) is 29.3 Å². The molecule has 1 aromatic heterocycles. The quantitative estimate of drug-likeness (QED) is 0.812. The molecule has 0 fully saturated rings. The zero-order chi connectivity index (χ0) is 17.0. The Bertz CT molecular complexity index is 726. The van der Waals surface area contributed by atoms with Crippen LogP contribution in [0.2, 0.25) is 10.0 Å². The van der Waals surface area contributed by atoms with Crippen LogP contribution in [0.5, 0.6) is 0 Å². The largest absolute Gasteiger partial charge is 0.465 e. The number of halogens is 2. The smallest absolute Gasteiger partial charge is 0.325 e. The Morgan fingerprint density at radius 1 is 1.30 bits per heavy atom. The van der Waals surface area contributed by atoms with E-state index in [0.29, 0.717) is 31.2 Å². The topological polar surface area (TPSA) is 68.3 Å². The predicted molar refractivity (Wildman–Crippen MR) is 91.3 cm³/mol. The molecule has 0 atom stereocenters. The average molecular weight is 373 g/mol. The van der Waals surface area contributed by atoms with Crippen LogP contribution in [0.3, 0.4) is 0 Å². The Hall–Kier alpha value is -1.63. The first-order valence-corrected chi connectivity index (χ1v) is 8.37. The zero-order valence-electron chi connectivity index (χ0n) is 12.5. The van der Waals surface area contributed by atoms with Gasteiger partial charge in [0.05, 0.1) is 22.3 Å². The van der Waals surface area contributed by atoms with Gasteiger partial charge in [-0.25, -0.2) is 4.98 Å². The van der Waals surface area contributed by atoms with Gasteiger partial charge in [-0.15, -0.1) is 11.3 Å². The van der Waals surface area contributed by atoms with Gasteiger partial charge in [0.25, 0.3) is 5.91 Å². The lowest BCUT2D eigenvalue weighted by molar-refractivity contribution is -0.141. The summed E-state index contributed by atoms with van der Waals surface area (Å²) < 4.78 is 4.76. The third-order valence-electron chi connectivity index (χ3n) is 2.88. The number of amides is 1. The Morgan fingerprint density at radius 2 is 1.96 bits per heavy atom. The van der Waals surface area contributed by atoms with E-state index < -0.39 is 5.97 Å². The number of nitrogens with zero attached hydrogens (tertiary/aromatic N) is 1. The molecule has 1 amide bonds. The van der Waals surface area contributed by atoms with Crippen molar-refractivity contribution in [3.05, 3.63) is 38.8 Å². The van der Waals surface area contributed by atoms with Gasteiger partial charge >= 0.3 is 5.97 Å². The van der Waals surface area contributed by atoms with Crippen molar-refractivity contribution >= 4 is 46.4 Å². The summed E-state index contributed by atoms with van der Waals surface area (Å²) in [6, 6.07) is 5.15. The maximum Gasteiger partial charge on any atom is 0.325 e. The highest BCUT2D eigenvalue weighted by molar-refractivity contribution is 7.17. The second kappa shape index (κ2) is 7.77. The second-order valence-corrected chi connectivity index (χ2v) is 6.33. The molecular formula is C15H14Cl2N2O3S. The number of carbonyl (C=O) groups excluding carboxylic acids is 2. The minimum atomic E-state index is -0.489. The summed E-state index contributed by atoms with van der Waals surface area (Å²) in [5.74, 6) is -0.875. The van der Waals surface area contributed by atoms with E-state index in [4.69, 9.17) is 27.9 Å². The van der Waals surface area contributed by atoms with Crippen LogP contribution in [0.4, 0.5) is 0 Å². The molecule has 1 heterocycles. The highest BCUT2D eigenvalue weighted by Crippen LogP contribution is 2.37. The highest BCUT2D eigenvalue weighted by atomic mass is 35.5. The van der Waals surface area contributed by atoms with Crippen LogP contribution in [0.1, 0.15) is 22.3 Å². The first-order valence-electron chi connectivity index (χ1n) is 6.79. The summed E-state index contributed by atoms with van der Waals surface area (Å²) in [4.78, 5) is 28.2. The molecule has 0 spiro atoms. The van der Waals surface area contributed by atoms with Crippen molar-refractivity contribution in [2.75, 3.05) is 13.2 Å². The summed E-state index contributed by atoms with van der Waals surface area (Å²) in [5.41, 5.74) is 1.13. The summed E-state index contributed by atoms with van der Waals surface area (Å²) in [5, 5.41) is 3.99. The summed E-state index contributed by atoms with van der Waals surface area (Å²) in [6.07, 6.45) is 0. The first kappa shape index (κ1) is 17.7. The van der Waals surface area contributed by atoms with Gasteiger partial charge in [-0.05, 0) is 26.0 Å². The first-order chi connectivity index (χ1) is 10.9. The van der Waals surface area contributed by atoms with Gasteiger partial charge in [0.1, 0.15) is 16.4 Å². The van der Waals surface area contributed by atoms with Gasteiger partial charge in [-0.2, -0.15) is 0 Å². The Morgan fingerprint density at radius 3 is 2.57 bits per heavy atom. The number of hydrogen-bond acceptors (Lipinski definition) is 5. The van der Waals surface area contributed by atoms with Crippen LogP contribution in [0.15, 0.2) is 18.2 Å². The third kappa shape index (κ3) is 4.22. The Balaban J connectivity index is 2.21. The number of benzene rings is 1. The van der Waals surface area contributed by atoms with E-state index in [0.717, 1.165) is 0 Å². The molecule has 0 radical (unpaired) electrons. The molecule has 2 aromatic rings. The molecule has 2 rings (SSSR count). The molecule has 0 aliphatic heterocycles. The molecule has 0 aliphatic rings. The van der Waals surface area contributed by atoms with Crippen molar-refractivity contribution in [2.24, 2.45) is 0 Å². The Labute approximate surface area is 147 Å². The van der Waals surface area contributed by atoms with E-state index in [2.05, 4.69) is 10.3 Å². The number of thiazole rings is 1. The molecular weight excluding hydrogens is 359 g/mol. The van der Waals surface area contributed by atoms with E-state index in [9.17, 15) is 9.59 Å². The van der Waals surface area contributed by atoms with Gasteiger partial charge in [0, 0.05) is 5.56 Å². The van der Waals surface area contributed by atoms with E-state index >= 15 is 0 Å². The Kier molecular flexibility index (Phi) is 5.98. The van der Waals surface area contributed by atoms with Crippen molar-refractivity contribution in [3.8, 4) is 10.6 Å². The fraction of sp³-hybridized carbons (Fsp3) is 0.267. The molecule has 8 heteroatoms. The molecule has 0 saturated heterocycles. The molecule has 5 nitrogen and oxygen atoms in total. The SMILES string of the molecule is CCOC(=O)CNC(=O)c1sc(-c2c(Cl)cccc2Cl)nc1C. The van der Waals surface area contributed by atoms with Crippen LogP contribution in [-0.4, -0.2) is 30.0 Å². The number of nitrogens with one attached hydrogen (secondary N) is 1. The normalized spacial score (nSPS) is 10.4. The van der Waals surface area contributed by atoms with Gasteiger partial charge in [0.15, 0.2) is 0 Å².